The van der Waals surface area contributed by atoms with E-state index < -0.39 is 0 Å². The van der Waals surface area contributed by atoms with Gasteiger partial charge in [0.2, 0.25) is 0 Å². The zero-order chi connectivity index (χ0) is 9.19. The predicted molar refractivity (Wildman–Crippen MR) is 53.8 cm³/mol. The van der Waals surface area contributed by atoms with Crippen molar-refractivity contribution in [1.82, 2.24) is 0 Å². The molecule has 0 aromatic heterocycles. The normalized spacial score (nSPS) is 22.5. The molecule has 1 aliphatic carbocycles. The van der Waals surface area contributed by atoms with Crippen molar-refractivity contribution in [3.8, 4) is 0 Å². The van der Waals surface area contributed by atoms with Crippen molar-refractivity contribution >= 4 is 0 Å². The molecular formula is C11H19N. The molecule has 1 saturated carbocycles. The average Bonchev–Trinajstić information content (AvgIpc) is 2.02. The van der Waals surface area contributed by atoms with Gasteiger partial charge < -0.3 is 5.73 Å². The van der Waals surface area contributed by atoms with E-state index >= 15 is 0 Å². The molecule has 2 N–H and O–H groups in total. The first-order chi connectivity index (χ1) is 5.66. The molecule has 0 heterocycles. The molecule has 1 aliphatic rings. The minimum absolute atomic E-state index is 0.258. The first-order valence-corrected chi connectivity index (χ1v) is 4.68. The van der Waals surface area contributed by atoms with Crippen LogP contribution in [0, 0.1) is 11.3 Å². The van der Waals surface area contributed by atoms with Gasteiger partial charge >= 0.3 is 0 Å². The fourth-order valence-electron chi connectivity index (χ4n) is 1.89. The highest BCUT2D eigenvalue weighted by Gasteiger charge is 2.39. The molecule has 1 fully saturated rings. The Morgan fingerprint density at radius 3 is 2.50 bits per heavy atom. The summed E-state index contributed by atoms with van der Waals surface area (Å²) in [5, 5.41) is 0. The van der Waals surface area contributed by atoms with Gasteiger partial charge in [-0.15, -0.1) is 6.58 Å². The van der Waals surface area contributed by atoms with Gasteiger partial charge in [-0.25, -0.2) is 0 Å². The van der Waals surface area contributed by atoms with Crippen LogP contribution in [0.25, 0.3) is 0 Å². The Morgan fingerprint density at radius 1 is 1.67 bits per heavy atom. The van der Waals surface area contributed by atoms with Crippen molar-refractivity contribution in [2.75, 3.05) is 6.54 Å². The molecule has 1 rings (SSSR count). The summed E-state index contributed by atoms with van der Waals surface area (Å²) < 4.78 is 0. The fourth-order valence-corrected chi connectivity index (χ4v) is 1.89. The van der Waals surface area contributed by atoms with Gasteiger partial charge in [0.25, 0.3) is 0 Å². The van der Waals surface area contributed by atoms with Crippen LogP contribution in [0.1, 0.15) is 26.2 Å². The number of rotatable bonds is 4. The van der Waals surface area contributed by atoms with Crippen LogP contribution < -0.4 is 5.73 Å². The lowest BCUT2D eigenvalue weighted by molar-refractivity contribution is 0.185. The molecular weight excluding hydrogens is 146 g/mol. The van der Waals surface area contributed by atoms with E-state index in [1.807, 2.05) is 6.08 Å². The lowest BCUT2D eigenvalue weighted by atomic mass is 9.62. The highest BCUT2D eigenvalue weighted by atomic mass is 14.6. The van der Waals surface area contributed by atoms with E-state index in [0.29, 0.717) is 5.92 Å². The van der Waals surface area contributed by atoms with Gasteiger partial charge in [-0.1, -0.05) is 31.6 Å². The molecule has 0 saturated heterocycles. The number of hydrogen-bond donors (Lipinski definition) is 1. The van der Waals surface area contributed by atoms with Crippen molar-refractivity contribution < 1.29 is 0 Å². The summed E-state index contributed by atoms with van der Waals surface area (Å²) in [5.74, 6) is 0.411. The summed E-state index contributed by atoms with van der Waals surface area (Å²) in [6.07, 6.45) is 5.71. The largest absolute Gasteiger partial charge is 0.330 e. The molecule has 12 heavy (non-hydrogen) atoms. The Kier molecular flexibility index (Phi) is 2.73. The lowest BCUT2D eigenvalue weighted by Crippen LogP contribution is -2.40. The van der Waals surface area contributed by atoms with Gasteiger partial charge in [0, 0.05) is 12.0 Å². The number of hydrogen-bond acceptors (Lipinski definition) is 1. The van der Waals surface area contributed by atoms with Gasteiger partial charge in [-0.05, 0) is 18.8 Å². The zero-order valence-corrected chi connectivity index (χ0v) is 7.97. The van der Waals surface area contributed by atoms with Gasteiger partial charge in [0.15, 0.2) is 0 Å². The van der Waals surface area contributed by atoms with E-state index in [1.165, 1.54) is 24.8 Å². The molecule has 0 bridgehead atoms. The third-order valence-electron chi connectivity index (χ3n) is 3.29. The van der Waals surface area contributed by atoms with Gasteiger partial charge in [0.05, 0.1) is 0 Å². The minimum atomic E-state index is 0.258. The average molecular weight is 165 g/mol. The maximum atomic E-state index is 5.77. The van der Waals surface area contributed by atoms with Crippen LogP contribution in [0.15, 0.2) is 24.8 Å². The zero-order valence-electron chi connectivity index (χ0n) is 7.97. The molecule has 0 spiro atoms. The third-order valence-corrected chi connectivity index (χ3v) is 3.29. The van der Waals surface area contributed by atoms with E-state index in [-0.39, 0.29) is 5.41 Å². The van der Waals surface area contributed by atoms with E-state index in [0.717, 1.165) is 6.54 Å². The standard InChI is InChI=1S/C11H19N/c1-4-9(2)10(3)11(8-12)6-5-7-11/h4,9H,1,3,5-8,12H2,2H3. The van der Waals surface area contributed by atoms with E-state index in [9.17, 15) is 0 Å². The molecule has 0 amide bonds. The van der Waals surface area contributed by atoms with Crippen molar-refractivity contribution in [3.05, 3.63) is 24.8 Å². The molecule has 1 atom stereocenters. The summed E-state index contributed by atoms with van der Waals surface area (Å²) in [6, 6.07) is 0. The molecule has 0 radical (unpaired) electrons. The summed E-state index contributed by atoms with van der Waals surface area (Å²) >= 11 is 0. The summed E-state index contributed by atoms with van der Waals surface area (Å²) in [5.41, 5.74) is 7.31. The summed E-state index contributed by atoms with van der Waals surface area (Å²) in [7, 11) is 0. The van der Waals surface area contributed by atoms with Crippen LogP contribution >= 0.6 is 0 Å². The summed E-state index contributed by atoms with van der Waals surface area (Å²) in [4.78, 5) is 0. The lowest BCUT2D eigenvalue weighted by Gasteiger charge is -2.44. The summed E-state index contributed by atoms with van der Waals surface area (Å²) in [6.45, 7) is 10.8. The van der Waals surface area contributed by atoms with Crippen LogP contribution in [0.5, 0.6) is 0 Å². The van der Waals surface area contributed by atoms with Crippen molar-refractivity contribution in [1.29, 1.82) is 0 Å². The SMILES string of the molecule is C=CC(C)C(=C)C1(CN)CCC1. The Hall–Kier alpha value is -0.560. The maximum absolute atomic E-state index is 5.77. The second kappa shape index (κ2) is 3.44. The fraction of sp³-hybridized carbons (Fsp3) is 0.636. The van der Waals surface area contributed by atoms with Crippen LogP contribution in [0.3, 0.4) is 0 Å². The molecule has 68 valence electrons. The van der Waals surface area contributed by atoms with Crippen LogP contribution in [-0.2, 0) is 0 Å². The van der Waals surface area contributed by atoms with Crippen LogP contribution in [0.4, 0.5) is 0 Å². The van der Waals surface area contributed by atoms with E-state index in [1.54, 1.807) is 0 Å². The third kappa shape index (κ3) is 1.34. The topological polar surface area (TPSA) is 26.0 Å². The Balaban J connectivity index is 2.66. The second-order valence-electron chi connectivity index (χ2n) is 3.89. The quantitative estimate of drug-likeness (QED) is 0.636. The maximum Gasteiger partial charge on any atom is 0.00376 e. The highest BCUT2D eigenvalue weighted by Crippen LogP contribution is 2.47. The first kappa shape index (κ1) is 9.53. The molecule has 1 unspecified atom stereocenters. The number of allylic oxidation sites excluding steroid dienone is 1. The molecule has 0 aromatic rings. The van der Waals surface area contributed by atoms with Gasteiger partial charge in [-0.3, -0.25) is 0 Å². The Labute approximate surface area is 75.3 Å². The molecule has 0 aliphatic heterocycles. The molecule has 0 aromatic carbocycles. The van der Waals surface area contributed by atoms with Crippen molar-refractivity contribution in [3.63, 3.8) is 0 Å². The first-order valence-electron chi connectivity index (χ1n) is 4.68. The van der Waals surface area contributed by atoms with Gasteiger partial charge in [0.1, 0.15) is 0 Å². The second-order valence-corrected chi connectivity index (χ2v) is 3.89. The van der Waals surface area contributed by atoms with Crippen molar-refractivity contribution in [2.45, 2.75) is 26.2 Å². The number of nitrogens with two attached hydrogens (primary N) is 1. The highest BCUT2D eigenvalue weighted by molar-refractivity contribution is 5.20. The minimum Gasteiger partial charge on any atom is -0.330 e. The monoisotopic (exact) mass is 165 g/mol. The Bertz CT molecular complexity index is 184. The van der Waals surface area contributed by atoms with Crippen LogP contribution in [-0.4, -0.2) is 6.54 Å². The molecule has 1 nitrogen and oxygen atoms in total. The van der Waals surface area contributed by atoms with E-state index in [2.05, 4.69) is 20.1 Å². The predicted octanol–water partition coefficient (Wildman–Crippen LogP) is 2.49. The van der Waals surface area contributed by atoms with Crippen LogP contribution in [0.2, 0.25) is 0 Å². The smallest absolute Gasteiger partial charge is 0.00376 e. The van der Waals surface area contributed by atoms with Gasteiger partial charge in [-0.2, -0.15) is 0 Å². The molecule has 1 heteroatoms. The Morgan fingerprint density at radius 2 is 2.25 bits per heavy atom. The van der Waals surface area contributed by atoms with E-state index in [4.69, 9.17) is 5.73 Å². The van der Waals surface area contributed by atoms with Crippen molar-refractivity contribution in [2.24, 2.45) is 17.1 Å².